The summed E-state index contributed by atoms with van der Waals surface area (Å²) in [4.78, 5) is 27.7. The van der Waals surface area contributed by atoms with Gasteiger partial charge < -0.3 is 10.1 Å². The first-order valence-electron chi connectivity index (χ1n) is 5.83. The second-order valence-corrected chi connectivity index (χ2v) is 4.75. The Morgan fingerprint density at radius 1 is 1.14 bits per heavy atom. The summed E-state index contributed by atoms with van der Waals surface area (Å²) >= 11 is 11.7. The lowest BCUT2D eigenvalue weighted by atomic mass is 10.1. The van der Waals surface area contributed by atoms with Crippen molar-refractivity contribution in [3.63, 3.8) is 0 Å². The number of nitrogens with one attached hydrogen (secondary N) is 1. The number of benzene rings is 1. The summed E-state index contributed by atoms with van der Waals surface area (Å²) in [7, 11) is 1.26. The van der Waals surface area contributed by atoms with E-state index in [2.05, 4.69) is 15.0 Å². The number of ether oxygens (including phenoxy) is 1. The number of rotatable bonds is 3. The van der Waals surface area contributed by atoms with Crippen LogP contribution in [0.3, 0.4) is 0 Å². The van der Waals surface area contributed by atoms with Gasteiger partial charge in [-0.2, -0.15) is 0 Å². The van der Waals surface area contributed by atoms with Crippen molar-refractivity contribution in [2.75, 3.05) is 12.4 Å². The van der Waals surface area contributed by atoms with Crippen molar-refractivity contribution in [3.05, 3.63) is 57.8 Å². The third kappa shape index (κ3) is 3.51. The molecule has 1 amide bonds. The fourth-order valence-electron chi connectivity index (χ4n) is 1.64. The number of nitrogens with zero attached hydrogens (tertiary/aromatic N) is 1. The normalized spacial score (nSPS) is 10.0. The highest BCUT2D eigenvalue weighted by atomic mass is 35.5. The highest BCUT2D eigenvalue weighted by molar-refractivity contribution is 6.35. The summed E-state index contributed by atoms with van der Waals surface area (Å²) in [6.07, 6.45) is 0. The van der Waals surface area contributed by atoms with Gasteiger partial charge in [0.15, 0.2) is 0 Å². The number of carbonyl (C=O) groups is 2. The van der Waals surface area contributed by atoms with Crippen LogP contribution in [-0.4, -0.2) is 24.0 Å². The quantitative estimate of drug-likeness (QED) is 0.693. The minimum absolute atomic E-state index is 0.0242. The maximum atomic E-state index is 12.2. The first-order chi connectivity index (χ1) is 10.0. The highest BCUT2D eigenvalue weighted by Gasteiger charge is 2.17. The van der Waals surface area contributed by atoms with E-state index >= 15 is 0 Å². The average Bonchev–Trinajstić information content (AvgIpc) is 2.49. The third-order valence-corrected chi connectivity index (χ3v) is 3.12. The van der Waals surface area contributed by atoms with Crippen LogP contribution >= 0.6 is 23.2 Å². The summed E-state index contributed by atoms with van der Waals surface area (Å²) < 4.78 is 4.65. The molecule has 21 heavy (non-hydrogen) atoms. The first-order valence-corrected chi connectivity index (χ1v) is 6.59. The molecule has 108 valence electrons. The van der Waals surface area contributed by atoms with Crippen LogP contribution in [0.5, 0.6) is 0 Å². The molecule has 1 N–H and O–H groups in total. The van der Waals surface area contributed by atoms with E-state index < -0.39 is 11.9 Å². The molecule has 0 aliphatic rings. The number of aromatic nitrogens is 1. The molecule has 0 aliphatic carbocycles. The van der Waals surface area contributed by atoms with Crippen LogP contribution in [0.25, 0.3) is 0 Å². The Kier molecular flexibility index (Phi) is 4.77. The Labute approximate surface area is 130 Å². The molecule has 1 aromatic carbocycles. The van der Waals surface area contributed by atoms with E-state index in [0.717, 1.165) is 0 Å². The van der Waals surface area contributed by atoms with Crippen molar-refractivity contribution in [2.45, 2.75) is 0 Å². The van der Waals surface area contributed by atoms with Gasteiger partial charge in [0.05, 0.1) is 23.4 Å². The number of anilines is 1. The van der Waals surface area contributed by atoms with Crippen molar-refractivity contribution in [2.24, 2.45) is 0 Å². The zero-order chi connectivity index (χ0) is 15.4. The Bertz CT molecular complexity index is 704. The minimum atomic E-state index is -0.571. The first kappa shape index (κ1) is 15.3. The summed E-state index contributed by atoms with van der Waals surface area (Å²) in [5.74, 6) is -1.13. The standard InChI is InChI=1S/C14H10Cl2N2O3/c1-21-14(20)8-4-2-3-5-10(8)17-13(19)12-9(15)6-7-11(16)18-12/h2-7H,1H3,(H,17,19). The fourth-order valence-corrected chi connectivity index (χ4v) is 1.98. The van der Waals surface area contributed by atoms with E-state index in [-0.39, 0.29) is 21.4 Å². The zero-order valence-electron chi connectivity index (χ0n) is 10.9. The molecule has 0 spiro atoms. The number of pyridine rings is 1. The Morgan fingerprint density at radius 3 is 2.57 bits per heavy atom. The number of halogens is 2. The Balaban J connectivity index is 2.32. The van der Waals surface area contributed by atoms with Crippen LogP contribution in [0.4, 0.5) is 5.69 Å². The van der Waals surface area contributed by atoms with Crippen molar-refractivity contribution >= 4 is 40.8 Å². The van der Waals surface area contributed by atoms with Crippen LogP contribution in [0.15, 0.2) is 36.4 Å². The van der Waals surface area contributed by atoms with Gasteiger partial charge in [-0.05, 0) is 24.3 Å². The molecular weight excluding hydrogens is 315 g/mol. The summed E-state index contributed by atoms with van der Waals surface area (Å²) in [6, 6.07) is 9.39. The van der Waals surface area contributed by atoms with Crippen LogP contribution in [0.2, 0.25) is 10.2 Å². The van der Waals surface area contributed by atoms with Crippen LogP contribution < -0.4 is 5.32 Å². The van der Waals surface area contributed by atoms with Crippen molar-refractivity contribution < 1.29 is 14.3 Å². The lowest BCUT2D eigenvalue weighted by molar-refractivity contribution is 0.0602. The van der Waals surface area contributed by atoms with Crippen LogP contribution in [0.1, 0.15) is 20.8 Å². The van der Waals surface area contributed by atoms with E-state index in [9.17, 15) is 9.59 Å². The van der Waals surface area contributed by atoms with E-state index in [1.807, 2.05) is 0 Å². The number of para-hydroxylation sites is 1. The molecule has 1 heterocycles. The third-order valence-electron chi connectivity index (χ3n) is 2.61. The molecule has 0 bridgehead atoms. The van der Waals surface area contributed by atoms with Crippen LogP contribution in [0, 0.1) is 0 Å². The largest absolute Gasteiger partial charge is 0.465 e. The Hall–Kier alpha value is -2.11. The number of hydrogen-bond acceptors (Lipinski definition) is 4. The van der Waals surface area contributed by atoms with E-state index in [1.54, 1.807) is 18.2 Å². The van der Waals surface area contributed by atoms with Gasteiger partial charge in [-0.25, -0.2) is 9.78 Å². The number of methoxy groups -OCH3 is 1. The Morgan fingerprint density at radius 2 is 1.86 bits per heavy atom. The maximum absolute atomic E-state index is 12.2. The number of amides is 1. The van der Waals surface area contributed by atoms with Crippen molar-refractivity contribution in [3.8, 4) is 0 Å². The second kappa shape index (κ2) is 6.56. The molecular formula is C14H10Cl2N2O3. The zero-order valence-corrected chi connectivity index (χ0v) is 12.4. The number of hydrogen-bond donors (Lipinski definition) is 1. The fraction of sp³-hybridized carbons (Fsp3) is 0.0714. The highest BCUT2D eigenvalue weighted by Crippen LogP contribution is 2.20. The predicted octanol–water partition coefficient (Wildman–Crippen LogP) is 3.43. The van der Waals surface area contributed by atoms with Crippen molar-refractivity contribution in [1.29, 1.82) is 0 Å². The summed E-state index contributed by atoms with van der Waals surface area (Å²) in [5.41, 5.74) is 0.502. The molecule has 0 unspecified atom stereocenters. The number of carbonyl (C=O) groups excluding carboxylic acids is 2. The minimum Gasteiger partial charge on any atom is -0.465 e. The van der Waals surface area contributed by atoms with Gasteiger partial charge in [0.1, 0.15) is 10.8 Å². The molecule has 0 atom stereocenters. The molecule has 5 nitrogen and oxygen atoms in total. The van der Waals surface area contributed by atoms with Gasteiger partial charge >= 0.3 is 5.97 Å². The molecule has 2 aromatic rings. The molecule has 0 aliphatic heterocycles. The summed E-state index contributed by atoms with van der Waals surface area (Å²) in [5, 5.41) is 2.87. The second-order valence-electron chi connectivity index (χ2n) is 3.96. The molecule has 0 saturated heterocycles. The molecule has 1 aromatic heterocycles. The van der Waals surface area contributed by atoms with E-state index in [0.29, 0.717) is 5.69 Å². The monoisotopic (exact) mass is 324 g/mol. The topological polar surface area (TPSA) is 68.3 Å². The average molecular weight is 325 g/mol. The van der Waals surface area contributed by atoms with Crippen LogP contribution in [-0.2, 0) is 4.74 Å². The van der Waals surface area contributed by atoms with Gasteiger partial charge in [0.25, 0.3) is 5.91 Å². The molecule has 0 saturated carbocycles. The predicted molar refractivity (Wildman–Crippen MR) is 80.0 cm³/mol. The molecule has 7 heteroatoms. The molecule has 0 fully saturated rings. The smallest absolute Gasteiger partial charge is 0.339 e. The van der Waals surface area contributed by atoms with Gasteiger partial charge in [-0.1, -0.05) is 35.3 Å². The lowest BCUT2D eigenvalue weighted by Gasteiger charge is -2.10. The SMILES string of the molecule is COC(=O)c1ccccc1NC(=O)c1nc(Cl)ccc1Cl. The van der Waals surface area contributed by atoms with Gasteiger partial charge in [0, 0.05) is 0 Å². The molecule has 0 radical (unpaired) electrons. The lowest BCUT2D eigenvalue weighted by Crippen LogP contribution is -2.17. The van der Waals surface area contributed by atoms with Gasteiger partial charge in [0.2, 0.25) is 0 Å². The maximum Gasteiger partial charge on any atom is 0.339 e. The van der Waals surface area contributed by atoms with Gasteiger partial charge in [-0.15, -0.1) is 0 Å². The van der Waals surface area contributed by atoms with E-state index in [1.165, 1.54) is 25.3 Å². The summed E-state index contributed by atoms with van der Waals surface area (Å²) in [6.45, 7) is 0. The van der Waals surface area contributed by atoms with E-state index in [4.69, 9.17) is 23.2 Å². The number of esters is 1. The van der Waals surface area contributed by atoms with Crippen molar-refractivity contribution in [1.82, 2.24) is 4.98 Å². The molecule has 2 rings (SSSR count). The van der Waals surface area contributed by atoms with Gasteiger partial charge in [-0.3, -0.25) is 4.79 Å².